The molecule has 3 nitrogen and oxygen atoms in total. The molecule has 0 heterocycles. The molecule has 5 saturated carbocycles. The van der Waals surface area contributed by atoms with Gasteiger partial charge in [0.05, 0.1) is 17.8 Å². The molecule has 0 aromatic carbocycles. The van der Waals surface area contributed by atoms with Crippen molar-refractivity contribution in [2.45, 2.75) is 123 Å². The van der Waals surface area contributed by atoms with Crippen LogP contribution in [0.3, 0.4) is 0 Å². The number of rotatable bonds is 4. The van der Waals surface area contributed by atoms with E-state index in [9.17, 15) is 15.3 Å². The van der Waals surface area contributed by atoms with Gasteiger partial charge in [0.2, 0.25) is 0 Å². The zero-order valence-electron chi connectivity index (χ0n) is 20.7. The van der Waals surface area contributed by atoms with Gasteiger partial charge in [-0.2, -0.15) is 0 Å². The summed E-state index contributed by atoms with van der Waals surface area (Å²) in [6, 6.07) is 0. The summed E-state index contributed by atoms with van der Waals surface area (Å²) in [4.78, 5) is 0. The quantitative estimate of drug-likeness (QED) is 0.545. The fraction of sp³-hybridized carbons (Fsp3) is 1.00. The molecule has 0 unspecified atom stereocenters. The van der Waals surface area contributed by atoms with Crippen molar-refractivity contribution in [3.8, 4) is 0 Å². The molecule has 0 bridgehead atoms. The first-order valence-electron chi connectivity index (χ1n) is 13.5. The summed E-state index contributed by atoms with van der Waals surface area (Å²) in [6.45, 7) is 11.5. The molecule has 0 radical (unpaired) electrons. The molecule has 10 atom stereocenters. The SMILES string of the molecule is C[C@H](CCC(C)(C)O)[C@H]1CC[C@H]2[C@H]3[C@H](CC[C@]12C)[C@@]1(C)CC[C@H](O)[C@H](O)[C@@H]1CC31CC1. The summed E-state index contributed by atoms with van der Waals surface area (Å²) in [5.74, 6) is 4.19. The van der Waals surface area contributed by atoms with Crippen molar-refractivity contribution in [1.29, 1.82) is 0 Å². The topological polar surface area (TPSA) is 60.7 Å². The highest BCUT2D eigenvalue weighted by Gasteiger charge is 2.70. The van der Waals surface area contributed by atoms with Crippen LogP contribution in [0.25, 0.3) is 0 Å². The van der Waals surface area contributed by atoms with Gasteiger partial charge < -0.3 is 15.3 Å². The molecule has 5 aliphatic rings. The molecule has 3 heteroatoms. The third kappa shape index (κ3) is 3.38. The lowest BCUT2D eigenvalue weighted by atomic mass is 9.41. The van der Waals surface area contributed by atoms with Crippen molar-refractivity contribution in [3.05, 3.63) is 0 Å². The van der Waals surface area contributed by atoms with E-state index in [1.165, 1.54) is 38.5 Å². The van der Waals surface area contributed by atoms with Crippen LogP contribution in [0.2, 0.25) is 0 Å². The van der Waals surface area contributed by atoms with Crippen LogP contribution in [-0.4, -0.2) is 33.1 Å². The summed E-state index contributed by atoms with van der Waals surface area (Å²) < 4.78 is 0. The van der Waals surface area contributed by atoms with Gasteiger partial charge in [-0.15, -0.1) is 0 Å². The van der Waals surface area contributed by atoms with Gasteiger partial charge in [0.25, 0.3) is 0 Å². The molecule has 0 saturated heterocycles. The van der Waals surface area contributed by atoms with Crippen LogP contribution >= 0.6 is 0 Å². The van der Waals surface area contributed by atoms with Crippen LogP contribution < -0.4 is 0 Å². The minimum absolute atomic E-state index is 0.211. The number of fused-ring (bicyclic) bond motifs is 6. The second-order valence-corrected chi connectivity index (χ2v) is 14.1. The van der Waals surface area contributed by atoms with Crippen LogP contribution in [-0.2, 0) is 0 Å². The molecular formula is C28H48O3. The van der Waals surface area contributed by atoms with Gasteiger partial charge in [0.1, 0.15) is 0 Å². The minimum Gasteiger partial charge on any atom is -0.390 e. The number of hydrogen-bond acceptors (Lipinski definition) is 3. The zero-order valence-corrected chi connectivity index (χ0v) is 20.7. The lowest BCUT2D eigenvalue weighted by Crippen LogP contribution is -2.61. The number of aliphatic hydroxyl groups is 3. The van der Waals surface area contributed by atoms with Crippen molar-refractivity contribution in [1.82, 2.24) is 0 Å². The van der Waals surface area contributed by atoms with Gasteiger partial charge in [-0.3, -0.25) is 0 Å². The maximum atomic E-state index is 11.0. The summed E-state index contributed by atoms with van der Waals surface area (Å²) >= 11 is 0. The largest absolute Gasteiger partial charge is 0.390 e. The van der Waals surface area contributed by atoms with Crippen molar-refractivity contribution in [2.75, 3.05) is 0 Å². The van der Waals surface area contributed by atoms with Gasteiger partial charge in [-0.25, -0.2) is 0 Å². The Bertz CT molecular complexity index is 693. The zero-order chi connectivity index (χ0) is 22.4. The van der Waals surface area contributed by atoms with Crippen molar-refractivity contribution >= 4 is 0 Å². The Labute approximate surface area is 190 Å². The maximum absolute atomic E-state index is 11.0. The van der Waals surface area contributed by atoms with Crippen LogP contribution in [0.5, 0.6) is 0 Å². The van der Waals surface area contributed by atoms with Crippen molar-refractivity contribution in [2.24, 2.45) is 51.8 Å². The molecule has 178 valence electrons. The Kier molecular flexibility index (Phi) is 5.25. The van der Waals surface area contributed by atoms with Crippen molar-refractivity contribution < 1.29 is 15.3 Å². The van der Waals surface area contributed by atoms with Gasteiger partial charge >= 0.3 is 0 Å². The first-order valence-corrected chi connectivity index (χ1v) is 13.5. The van der Waals surface area contributed by atoms with Crippen LogP contribution in [0.4, 0.5) is 0 Å². The van der Waals surface area contributed by atoms with Crippen LogP contribution in [0.15, 0.2) is 0 Å². The molecule has 5 fully saturated rings. The first kappa shape index (κ1) is 22.7. The van der Waals surface area contributed by atoms with E-state index in [-0.39, 0.29) is 5.41 Å². The second kappa shape index (κ2) is 7.19. The van der Waals surface area contributed by atoms with Crippen LogP contribution in [0, 0.1) is 51.8 Å². The third-order valence-corrected chi connectivity index (χ3v) is 11.9. The molecule has 0 aromatic rings. The molecule has 0 amide bonds. The Morgan fingerprint density at radius 1 is 0.871 bits per heavy atom. The van der Waals surface area contributed by atoms with E-state index in [1.807, 2.05) is 13.8 Å². The van der Waals surface area contributed by atoms with Gasteiger partial charge in [0, 0.05) is 0 Å². The summed E-state index contributed by atoms with van der Waals surface area (Å²) in [5, 5.41) is 31.7. The van der Waals surface area contributed by atoms with E-state index in [1.54, 1.807) is 0 Å². The van der Waals surface area contributed by atoms with Gasteiger partial charge in [-0.05, 0) is 136 Å². The lowest BCUT2D eigenvalue weighted by molar-refractivity contribution is -0.198. The predicted octanol–water partition coefficient (Wildman–Crippen LogP) is 5.55. The molecule has 3 N–H and O–H groups in total. The fourth-order valence-corrected chi connectivity index (χ4v) is 10.1. The standard InChI is InChI=1S/C28H48O3/c1-17(8-11-25(2,3)31)18-6-7-19-23-20(9-12-26(18,19)4)27(5)13-10-22(29)24(30)21(27)16-28(23)14-15-28/h17-24,29-31H,6-16H2,1-5H3/t17-,18-,19+,20+,21+,22+,23+,24-,26-,27-/m1/s1. The third-order valence-electron chi connectivity index (χ3n) is 11.9. The average Bonchev–Trinajstić information content (AvgIpc) is 3.37. The normalized spacial score (nSPS) is 51.7. The van der Waals surface area contributed by atoms with E-state index in [0.29, 0.717) is 22.7 Å². The van der Waals surface area contributed by atoms with E-state index in [0.717, 1.165) is 55.8 Å². The predicted molar refractivity (Wildman–Crippen MR) is 124 cm³/mol. The van der Waals surface area contributed by atoms with Gasteiger partial charge in [-0.1, -0.05) is 20.8 Å². The minimum atomic E-state index is -0.553. The molecule has 5 aliphatic carbocycles. The smallest absolute Gasteiger partial charge is 0.0832 e. The first-order chi connectivity index (χ1) is 14.4. The van der Waals surface area contributed by atoms with Crippen molar-refractivity contribution in [3.63, 3.8) is 0 Å². The number of hydrogen-bond donors (Lipinski definition) is 3. The highest BCUT2D eigenvalue weighted by Crippen LogP contribution is 2.77. The van der Waals surface area contributed by atoms with E-state index in [2.05, 4.69) is 20.8 Å². The Morgan fingerprint density at radius 2 is 1.52 bits per heavy atom. The fourth-order valence-electron chi connectivity index (χ4n) is 10.1. The number of aliphatic hydroxyl groups excluding tert-OH is 2. The Balaban J connectivity index is 1.41. The average molecular weight is 433 g/mol. The monoisotopic (exact) mass is 432 g/mol. The van der Waals surface area contributed by atoms with E-state index >= 15 is 0 Å². The molecule has 31 heavy (non-hydrogen) atoms. The second-order valence-electron chi connectivity index (χ2n) is 14.1. The van der Waals surface area contributed by atoms with E-state index < -0.39 is 17.8 Å². The summed E-state index contributed by atoms with van der Waals surface area (Å²) in [7, 11) is 0. The molecule has 1 spiro atoms. The van der Waals surface area contributed by atoms with Crippen LogP contribution in [0.1, 0.15) is 105 Å². The van der Waals surface area contributed by atoms with E-state index in [4.69, 9.17) is 0 Å². The summed E-state index contributed by atoms with van der Waals surface area (Å²) in [6.07, 6.45) is 12.2. The maximum Gasteiger partial charge on any atom is 0.0832 e. The summed E-state index contributed by atoms with van der Waals surface area (Å²) in [5.41, 5.74) is 0.571. The highest BCUT2D eigenvalue weighted by atomic mass is 16.3. The molecule has 0 aromatic heterocycles. The Morgan fingerprint density at radius 3 is 2.16 bits per heavy atom. The molecular weight excluding hydrogens is 384 g/mol. The molecule has 0 aliphatic heterocycles. The lowest BCUT2D eigenvalue weighted by Gasteiger charge is -2.64. The highest BCUT2D eigenvalue weighted by molar-refractivity contribution is 5.19. The Hall–Kier alpha value is -0.120. The van der Waals surface area contributed by atoms with Gasteiger partial charge in [0.15, 0.2) is 0 Å². The molecule has 5 rings (SSSR count).